The number of rotatable bonds is 9. The summed E-state index contributed by atoms with van der Waals surface area (Å²) in [7, 11) is 1.69. The third-order valence-electron chi connectivity index (χ3n) is 3.53. The summed E-state index contributed by atoms with van der Waals surface area (Å²) in [5.74, 6) is 1.94. The minimum atomic E-state index is -0.0379. The van der Waals surface area contributed by atoms with Gasteiger partial charge in [0.1, 0.15) is 5.75 Å². The fourth-order valence-corrected chi connectivity index (χ4v) is 2.09. The highest BCUT2D eigenvalue weighted by molar-refractivity contribution is 5.86. The minimum absolute atomic E-state index is 0.0379. The maximum atomic E-state index is 11.7. The second-order valence-electron chi connectivity index (χ2n) is 6.42. The Kier molecular flexibility index (Phi) is 9.43. The van der Waals surface area contributed by atoms with Gasteiger partial charge in [-0.3, -0.25) is 9.79 Å². The van der Waals surface area contributed by atoms with Gasteiger partial charge in [-0.2, -0.15) is 0 Å². The van der Waals surface area contributed by atoms with E-state index in [1.54, 1.807) is 7.05 Å². The molecule has 1 unspecified atom stereocenters. The molecular formula is C19H32N4O2. The van der Waals surface area contributed by atoms with Gasteiger partial charge in [-0.15, -0.1) is 0 Å². The van der Waals surface area contributed by atoms with Gasteiger partial charge in [0, 0.05) is 13.6 Å². The SMILES string of the molecule is CCCNC(=O)CNC(=NC)NC(C)c1ccc(OCC(C)C)cc1. The van der Waals surface area contributed by atoms with E-state index in [0.29, 0.717) is 25.0 Å². The van der Waals surface area contributed by atoms with Crippen molar-refractivity contribution in [2.24, 2.45) is 10.9 Å². The number of nitrogens with zero attached hydrogens (tertiary/aromatic N) is 1. The minimum Gasteiger partial charge on any atom is -0.493 e. The van der Waals surface area contributed by atoms with Crippen LogP contribution >= 0.6 is 0 Å². The van der Waals surface area contributed by atoms with E-state index in [4.69, 9.17) is 4.74 Å². The van der Waals surface area contributed by atoms with Crippen molar-refractivity contribution in [3.05, 3.63) is 29.8 Å². The van der Waals surface area contributed by atoms with Crippen LogP contribution in [0.5, 0.6) is 5.75 Å². The molecule has 3 N–H and O–H groups in total. The number of nitrogens with one attached hydrogen (secondary N) is 3. The average molecular weight is 348 g/mol. The monoisotopic (exact) mass is 348 g/mol. The number of aliphatic imine (C=N–C) groups is 1. The molecule has 1 rings (SSSR count). The molecule has 1 atom stereocenters. The Morgan fingerprint density at radius 3 is 2.40 bits per heavy atom. The molecule has 0 saturated heterocycles. The topological polar surface area (TPSA) is 74.8 Å². The predicted octanol–water partition coefficient (Wildman–Crippen LogP) is 2.47. The summed E-state index contributed by atoms with van der Waals surface area (Å²) in [5, 5.41) is 9.13. The molecule has 0 radical (unpaired) electrons. The fourth-order valence-electron chi connectivity index (χ4n) is 2.09. The molecule has 1 aromatic carbocycles. The first-order valence-corrected chi connectivity index (χ1v) is 8.92. The molecule has 0 aliphatic carbocycles. The third-order valence-corrected chi connectivity index (χ3v) is 3.53. The lowest BCUT2D eigenvalue weighted by molar-refractivity contribution is -0.120. The third kappa shape index (κ3) is 8.42. The number of amides is 1. The van der Waals surface area contributed by atoms with Gasteiger partial charge in [-0.05, 0) is 37.0 Å². The summed E-state index contributed by atoms with van der Waals surface area (Å²) < 4.78 is 5.70. The van der Waals surface area contributed by atoms with Gasteiger partial charge in [0.15, 0.2) is 5.96 Å². The van der Waals surface area contributed by atoms with Crippen LogP contribution in [-0.2, 0) is 4.79 Å². The first-order chi connectivity index (χ1) is 12.0. The van der Waals surface area contributed by atoms with Crippen LogP contribution in [0.25, 0.3) is 0 Å². The Hall–Kier alpha value is -2.24. The lowest BCUT2D eigenvalue weighted by Gasteiger charge is -2.18. The van der Waals surface area contributed by atoms with Crippen molar-refractivity contribution in [3.8, 4) is 5.75 Å². The number of guanidine groups is 1. The molecule has 0 bridgehead atoms. The van der Waals surface area contributed by atoms with E-state index in [1.165, 1.54) is 0 Å². The van der Waals surface area contributed by atoms with Gasteiger partial charge in [-0.1, -0.05) is 32.9 Å². The summed E-state index contributed by atoms with van der Waals surface area (Å²) in [6.45, 7) is 9.93. The Labute approximate surface area is 151 Å². The second kappa shape index (κ2) is 11.3. The van der Waals surface area contributed by atoms with Crippen LogP contribution in [0.2, 0.25) is 0 Å². The van der Waals surface area contributed by atoms with Crippen molar-refractivity contribution in [2.45, 2.75) is 40.2 Å². The lowest BCUT2D eigenvalue weighted by atomic mass is 10.1. The molecule has 0 aliphatic heterocycles. The number of benzene rings is 1. The van der Waals surface area contributed by atoms with Crippen LogP contribution in [0, 0.1) is 5.92 Å². The van der Waals surface area contributed by atoms with Crippen molar-refractivity contribution < 1.29 is 9.53 Å². The highest BCUT2D eigenvalue weighted by Gasteiger charge is 2.09. The zero-order valence-corrected chi connectivity index (χ0v) is 16.1. The number of hydrogen-bond donors (Lipinski definition) is 3. The summed E-state index contributed by atoms with van der Waals surface area (Å²) in [5.41, 5.74) is 1.12. The van der Waals surface area contributed by atoms with Crippen LogP contribution in [0.15, 0.2) is 29.3 Å². The molecule has 0 aromatic heterocycles. The van der Waals surface area contributed by atoms with Gasteiger partial charge in [0.25, 0.3) is 0 Å². The van der Waals surface area contributed by atoms with E-state index < -0.39 is 0 Å². The molecule has 6 nitrogen and oxygen atoms in total. The molecule has 140 valence electrons. The highest BCUT2D eigenvalue weighted by atomic mass is 16.5. The summed E-state index contributed by atoms with van der Waals surface area (Å²) >= 11 is 0. The molecule has 0 saturated carbocycles. The van der Waals surface area contributed by atoms with Crippen LogP contribution < -0.4 is 20.7 Å². The molecule has 6 heteroatoms. The van der Waals surface area contributed by atoms with Crippen molar-refractivity contribution in [1.82, 2.24) is 16.0 Å². The van der Waals surface area contributed by atoms with Crippen molar-refractivity contribution >= 4 is 11.9 Å². The largest absolute Gasteiger partial charge is 0.493 e. The molecular weight excluding hydrogens is 316 g/mol. The number of hydrogen-bond acceptors (Lipinski definition) is 3. The molecule has 1 aromatic rings. The summed E-state index contributed by atoms with van der Waals surface area (Å²) in [6.07, 6.45) is 0.923. The maximum absolute atomic E-state index is 11.7. The van der Waals surface area contributed by atoms with Gasteiger partial charge >= 0.3 is 0 Å². The first kappa shape index (κ1) is 20.8. The van der Waals surface area contributed by atoms with Crippen molar-refractivity contribution in [3.63, 3.8) is 0 Å². The standard InChI is InChI=1S/C19H32N4O2/c1-6-11-21-18(24)12-22-19(20-5)23-15(4)16-7-9-17(10-8-16)25-13-14(2)3/h7-10,14-15H,6,11-13H2,1-5H3,(H,21,24)(H2,20,22,23). The van der Waals surface area contributed by atoms with E-state index in [-0.39, 0.29) is 18.5 Å². The van der Waals surface area contributed by atoms with Gasteiger partial charge < -0.3 is 20.7 Å². The Bertz CT molecular complexity index is 541. The Balaban J connectivity index is 2.49. The van der Waals surface area contributed by atoms with Gasteiger partial charge in [0.2, 0.25) is 5.91 Å². The van der Waals surface area contributed by atoms with E-state index in [9.17, 15) is 4.79 Å². The van der Waals surface area contributed by atoms with Crippen LogP contribution in [-0.4, -0.2) is 38.6 Å². The van der Waals surface area contributed by atoms with Crippen molar-refractivity contribution in [2.75, 3.05) is 26.7 Å². The summed E-state index contributed by atoms with van der Waals surface area (Å²) in [6, 6.07) is 8.08. The van der Waals surface area contributed by atoms with Gasteiger partial charge in [-0.25, -0.2) is 0 Å². The molecule has 0 fully saturated rings. The van der Waals surface area contributed by atoms with Crippen LogP contribution in [0.1, 0.15) is 45.7 Å². The fraction of sp³-hybridized carbons (Fsp3) is 0.579. The maximum Gasteiger partial charge on any atom is 0.239 e. The second-order valence-corrected chi connectivity index (χ2v) is 6.42. The number of carbonyl (C=O) groups is 1. The van der Waals surface area contributed by atoms with E-state index in [2.05, 4.69) is 34.8 Å². The number of carbonyl (C=O) groups excluding carboxylic acids is 1. The van der Waals surface area contributed by atoms with E-state index >= 15 is 0 Å². The lowest BCUT2D eigenvalue weighted by Crippen LogP contribution is -2.44. The van der Waals surface area contributed by atoms with E-state index in [0.717, 1.165) is 17.7 Å². The Morgan fingerprint density at radius 1 is 1.16 bits per heavy atom. The molecule has 1 amide bonds. The van der Waals surface area contributed by atoms with E-state index in [1.807, 2.05) is 38.1 Å². The number of ether oxygens (including phenoxy) is 1. The highest BCUT2D eigenvalue weighted by Crippen LogP contribution is 2.18. The van der Waals surface area contributed by atoms with Gasteiger partial charge in [0.05, 0.1) is 19.2 Å². The zero-order chi connectivity index (χ0) is 18.7. The molecule has 25 heavy (non-hydrogen) atoms. The average Bonchev–Trinajstić information content (AvgIpc) is 2.61. The summed E-state index contributed by atoms with van der Waals surface area (Å²) in [4.78, 5) is 15.8. The molecule has 0 spiro atoms. The predicted molar refractivity (Wildman–Crippen MR) is 103 cm³/mol. The van der Waals surface area contributed by atoms with Crippen molar-refractivity contribution in [1.29, 1.82) is 0 Å². The van der Waals surface area contributed by atoms with Crippen LogP contribution in [0.4, 0.5) is 0 Å². The molecule has 0 aliphatic rings. The first-order valence-electron chi connectivity index (χ1n) is 8.92. The quantitative estimate of drug-likeness (QED) is 0.473. The Morgan fingerprint density at radius 2 is 1.84 bits per heavy atom. The molecule has 0 heterocycles. The normalized spacial score (nSPS) is 12.6. The van der Waals surface area contributed by atoms with Crippen LogP contribution in [0.3, 0.4) is 0 Å². The smallest absolute Gasteiger partial charge is 0.239 e. The zero-order valence-electron chi connectivity index (χ0n) is 16.1.